The highest BCUT2D eigenvalue weighted by Crippen LogP contribution is 2.30. The first-order chi connectivity index (χ1) is 9.86. The maximum Gasteiger partial charge on any atom is 0.243 e. The van der Waals surface area contributed by atoms with E-state index in [1.54, 1.807) is 7.05 Å². The van der Waals surface area contributed by atoms with E-state index >= 15 is 0 Å². The zero-order chi connectivity index (χ0) is 15.6. The number of aliphatic hydroxyl groups excluding tert-OH is 1. The molecular formula is C15H22ClNO3S. The second kappa shape index (κ2) is 6.65. The molecule has 1 aromatic rings. The standard InChI is InChI=1S/C15H22ClNO3S/c1-11-4-3-5-13(8-11)17(2)21(19,20)14-6-7-15(16)12(9-14)10-18/h6-7,9,11,13,18H,3-5,8,10H2,1-2H3. The van der Waals surface area contributed by atoms with Crippen molar-refractivity contribution in [2.24, 2.45) is 5.92 Å². The minimum atomic E-state index is -3.55. The van der Waals surface area contributed by atoms with Gasteiger partial charge in [-0.3, -0.25) is 0 Å². The molecule has 4 nitrogen and oxygen atoms in total. The van der Waals surface area contributed by atoms with Crippen LogP contribution in [0.25, 0.3) is 0 Å². The average molecular weight is 332 g/mol. The Morgan fingerprint density at radius 3 is 2.71 bits per heavy atom. The summed E-state index contributed by atoms with van der Waals surface area (Å²) in [5.41, 5.74) is 0.433. The maximum atomic E-state index is 12.7. The van der Waals surface area contributed by atoms with Gasteiger partial charge in [0.05, 0.1) is 11.5 Å². The van der Waals surface area contributed by atoms with Gasteiger partial charge in [0.15, 0.2) is 0 Å². The summed E-state index contributed by atoms with van der Waals surface area (Å²) in [5.74, 6) is 0.555. The summed E-state index contributed by atoms with van der Waals surface area (Å²) in [7, 11) is -1.90. The first kappa shape index (κ1) is 16.7. The summed E-state index contributed by atoms with van der Waals surface area (Å²) in [6, 6.07) is 4.53. The van der Waals surface area contributed by atoms with Gasteiger partial charge in [0, 0.05) is 18.1 Å². The average Bonchev–Trinajstić information content (AvgIpc) is 2.46. The molecule has 6 heteroatoms. The molecule has 0 amide bonds. The molecule has 2 atom stereocenters. The first-order valence-electron chi connectivity index (χ1n) is 7.23. The van der Waals surface area contributed by atoms with E-state index in [-0.39, 0.29) is 17.5 Å². The van der Waals surface area contributed by atoms with E-state index in [0.29, 0.717) is 16.5 Å². The maximum absolute atomic E-state index is 12.7. The number of halogens is 1. The van der Waals surface area contributed by atoms with Crippen LogP contribution in [0.1, 0.15) is 38.2 Å². The smallest absolute Gasteiger partial charge is 0.243 e. The van der Waals surface area contributed by atoms with Crippen molar-refractivity contribution in [2.45, 2.75) is 50.2 Å². The number of aliphatic hydroxyl groups is 1. The lowest BCUT2D eigenvalue weighted by atomic mass is 9.87. The van der Waals surface area contributed by atoms with Crippen molar-refractivity contribution in [1.29, 1.82) is 0 Å². The number of rotatable bonds is 4. The quantitative estimate of drug-likeness (QED) is 0.922. The summed E-state index contributed by atoms with van der Waals surface area (Å²) < 4.78 is 26.9. The van der Waals surface area contributed by atoms with Gasteiger partial charge in [0.2, 0.25) is 10.0 Å². The van der Waals surface area contributed by atoms with Crippen molar-refractivity contribution in [3.8, 4) is 0 Å². The molecule has 0 aromatic heterocycles. The van der Waals surface area contributed by atoms with Gasteiger partial charge in [-0.2, -0.15) is 4.31 Å². The second-order valence-electron chi connectivity index (χ2n) is 5.86. The van der Waals surface area contributed by atoms with Gasteiger partial charge in [-0.25, -0.2) is 8.42 Å². The lowest BCUT2D eigenvalue weighted by Crippen LogP contribution is -2.39. The highest BCUT2D eigenvalue weighted by molar-refractivity contribution is 7.89. The van der Waals surface area contributed by atoms with Crippen LogP contribution in [0.4, 0.5) is 0 Å². The van der Waals surface area contributed by atoms with Crippen molar-refractivity contribution in [3.63, 3.8) is 0 Å². The molecule has 1 aliphatic rings. The topological polar surface area (TPSA) is 57.6 Å². The minimum absolute atomic E-state index is 0.0482. The van der Waals surface area contributed by atoms with E-state index in [4.69, 9.17) is 11.6 Å². The Morgan fingerprint density at radius 1 is 1.38 bits per heavy atom. The largest absolute Gasteiger partial charge is 0.392 e. The highest BCUT2D eigenvalue weighted by atomic mass is 35.5. The highest BCUT2D eigenvalue weighted by Gasteiger charge is 2.31. The van der Waals surface area contributed by atoms with Crippen LogP contribution in [0.2, 0.25) is 5.02 Å². The van der Waals surface area contributed by atoms with Gasteiger partial charge in [-0.05, 0) is 42.5 Å². The molecule has 21 heavy (non-hydrogen) atoms. The number of sulfonamides is 1. The Balaban J connectivity index is 2.28. The molecule has 1 aromatic carbocycles. The summed E-state index contributed by atoms with van der Waals surface area (Å²) >= 11 is 5.93. The van der Waals surface area contributed by atoms with Crippen molar-refractivity contribution in [3.05, 3.63) is 28.8 Å². The molecule has 0 bridgehead atoms. The fraction of sp³-hybridized carbons (Fsp3) is 0.600. The third-order valence-electron chi connectivity index (χ3n) is 4.29. The predicted octanol–water partition coefficient (Wildman–Crippen LogP) is 3.03. The molecule has 0 aliphatic heterocycles. The van der Waals surface area contributed by atoms with Crippen LogP contribution in [-0.2, 0) is 16.6 Å². The van der Waals surface area contributed by atoms with Gasteiger partial charge in [0.1, 0.15) is 0 Å². The van der Waals surface area contributed by atoms with Gasteiger partial charge in [-0.1, -0.05) is 31.4 Å². The monoisotopic (exact) mass is 331 g/mol. The van der Waals surface area contributed by atoms with Gasteiger partial charge >= 0.3 is 0 Å². The van der Waals surface area contributed by atoms with Gasteiger partial charge < -0.3 is 5.11 Å². The molecule has 0 saturated heterocycles. The third kappa shape index (κ3) is 3.59. The van der Waals surface area contributed by atoms with Crippen molar-refractivity contribution >= 4 is 21.6 Å². The summed E-state index contributed by atoms with van der Waals surface area (Å²) in [5, 5.41) is 9.62. The van der Waals surface area contributed by atoms with E-state index in [1.165, 1.54) is 28.9 Å². The zero-order valence-corrected chi connectivity index (χ0v) is 14.0. The molecule has 0 spiro atoms. The molecule has 0 heterocycles. The molecule has 2 unspecified atom stereocenters. The molecule has 1 saturated carbocycles. The molecule has 0 radical (unpaired) electrons. The minimum Gasteiger partial charge on any atom is -0.392 e. The summed E-state index contributed by atoms with van der Waals surface area (Å²) in [6.45, 7) is 1.89. The van der Waals surface area contributed by atoms with Crippen LogP contribution >= 0.6 is 11.6 Å². The van der Waals surface area contributed by atoms with E-state index in [9.17, 15) is 13.5 Å². The lowest BCUT2D eigenvalue weighted by Gasteiger charge is -2.33. The molecule has 1 fully saturated rings. The van der Waals surface area contributed by atoms with Crippen LogP contribution in [0.3, 0.4) is 0 Å². The fourth-order valence-electron chi connectivity index (χ4n) is 2.93. The molecular weight excluding hydrogens is 310 g/mol. The Labute approximate surface area is 131 Å². The zero-order valence-electron chi connectivity index (χ0n) is 12.4. The third-order valence-corrected chi connectivity index (χ3v) is 6.56. The van der Waals surface area contributed by atoms with Crippen LogP contribution < -0.4 is 0 Å². The molecule has 118 valence electrons. The lowest BCUT2D eigenvalue weighted by molar-refractivity contribution is 0.239. The van der Waals surface area contributed by atoms with E-state index in [1.807, 2.05) is 0 Å². The van der Waals surface area contributed by atoms with Crippen molar-refractivity contribution in [1.82, 2.24) is 4.31 Å². The molecule has 1 N–H and O–H groups in total. The number of benzene rings is 1. The Morgan fingerprint density at radius 2 is 2.10 bits per heavy atom. The fourth-order valence-corrected chi connectivity index (χ4v) is 4.55. The van der Waals surface area contributed by atoms with Gasteiger partial charge in [-0.15, -0.1) is 0 Å². The van der Waals surface area contributed by atoms with Crippen LogP contribution in [0.5, 0.6) is 0 Å². The first-order valence-corrected chi connectivity index (χ1v) is 9.05. The number of nitrogens with zero attached hydrogens (tertiary/aromatic N) is 1. The summed E-state index contributed by atoms with van der Waals surface area (Å²) in [6.07, 6.45) is 4.03. The van der Waals surface area contributed by atoms with Crippen molar-refractivity contribution < 1.29 is 13.5 Å². The van der Waals surface area contributed by atoms with E-state index in [2.05, 4.69) is 6.92 Å². The predicted molar refractivity (Wildman–Crippen MR) is 83.7 cm³/mol. The second-order valence-corrected chi connectivity index (χ2v) is 8.26. The van der Waals surface area contributed by atoms with Crippen LogP contribution in [0.15, 0.2) is 23.1 Å². The van der Waals surface area contributed by atoms with Crippen LogP contribution in [0, 0.1) is 5.92 Å². The van der Waals surface area contributed by atoms with Crippen molar-refractivity contribution in [2.75, 3.05) is 7.05 Å². The Hall–Kier alpha value is -0.620. The summed E-state index contributed by atoms with van der Waals surface area (Å²) in [4.78, 5) is 0.191. The van der Waals surface area contributed by atoms with Gasteiger partial charge in [0.25, 0.3) is 0 Å². The SMILES string of the molecule is CC1CCCC(N(C)S(=O)(=O)c2ccc(Cl)c(CO)c2)C1. The van der Waals surface area contributed by atoms with E-state index < -0.39 is 10.0 Å². The van der Waals surface area contributed by atoms with Crippen LogP contribution in [-0.4, -0.2) is 30.9 Å². The van der Waals surface area contributed by atoms with E-state index in [0.717, 1.165) is 19.3 Å². The Bertz CT molecular complexity index is 603. The normalized spacial score (nSPS) is 23.5. The molecule has 1 aliphatic carbocycles. The number of hydrogen-bond acceptors (Lipinski definition) is 3. The Kier molecular flexibility index (Phi) is 5.30. The molecule has 2 rings (SSSR count). The number of hydrogen-bond donors (Lipinski definition) is 1.